The molecule has 1 aliphatic rings. The lowest BCUT2D eigenvalue weighted by atomic mass is 9.92. The summed E-state index contributed by atoms with van der Waals surface area (Å²) >= 11 is 0. The molecule has 184 valence electrons. The molecular formula is C25H20F5NO3S. The molecular weight excluding hydrogens is 489 g/mol. The van der Waals surface area contributed by atoms with E-state index in [1.807, 2.05) is 0 Å². The zero-order chi connectivity index (χ0) is 25.5. The van der Waals surface area contributed by atoms with E-state index in [0.717, 1.165) is 40.7 Å². The molecule has 1 aliphatic heterocycles. The molecule has 1 heterocycles. The highest BCUT2D eigenvalue weighted by atomic mass is 32.2. The molecule has 0 amide bonds. The second-order valence-electron chi connectivity index (χ2n) is 8.30. The Kier molecular flexibility index (Phi) is 6.44. The molecule has 0 unspecified atom stereocenters. The topological polar surface area (TPSA) is 54.5 Å². The van der Waals surface area contributed by atoms with Crippen LogP contribution in [0, 0.1) is 18.6 Å². The summed E-state index contributed by atoms with van der Waals surface area (Å²) in [6, 6.07) is 9.83. The highest BCUT2D eigenvalue weighted by molar-refractivity contribution is 7.92. The van der Waals surface area contributed by atoms with Crippen molar-refractivity contribution < 1.29 is 35.2 Å². The lowest BCUT2D eigenvalue weighted by Gasteiger charge is -2.31. The number of ketones is 1. The van der Waals surface area contributed by atoms with Gasteiger partial charge in [0.15, 0.2) is 5.78 Å². The molecule has 0 saturated carbocycles. The van der Waals surface area contributed by atoms with Gasteiger partial charge in [-0.2, -0.15) is 13.2 Å². The minimum atomic E-state index is -4.92. The Morgan fingerprint density at radius 1 is 1.03 bits per heavy atom. The van der Waals surface area contributed by atoms with E-state index < -0.39 is 51.2 Å². The molecule has 0 aliphatic carbocycles. The van der Waals surface area contributed by atoms with Crippen LogP contribution in [0.4, 0.5) is 27.6 Å². The molecule has 35 heavy (non-hydrogen) atoms. The van der Waals surface area contributed by atoms with Crippen LogP contribution in [0.2, 0.25) is 0 Å². The number of hydrogen-bond donors (Lipinski definition) is 0. The number of alkyl halides is 3. The normalized spacial score (nSPS) is 14.1. The van der Waals surface area contributed by atoms with Gasteiger partial charge in [0, 0.05) is 13.0 Å². The largest absolute Gasteiger partial charge is 0.417 e. The maximum Gasteiger partial charge on any atom is 0.417 e. The van der Waals surface area contributed by atoms with Gasteiger partial charge in [0.25, 0.3) is 10.0 Å². The molecule has 0 fully saturated rings. The SMILES string of the molecule is Cc1cc2c(cc1CC(=O)c1c(F)cccc1C(F)(F)F)N(S(=O)(=O)c1ccc(F)cc1)CCC2. The van der Waals surface area contributed by atoms with Crippen LogP contribution in [0.3, 0.4) is 0 Å². The molecule has 0 aromatic heterocycles. The van der Waals surface area contributed by atoms with E-state index >= 15 is 0 Å². The molecule has 3 aromatic carbocycles. The lowest BCUT2D eigenvalue weighted by molar-refractivity contribution is -0.138. The maximum atomic E-state index is 14.3. The van der Waals surface area contributed by atoms with E-state index in [2.05, 4.69) is 0 Å². The fraction of sp³-hybridized carbons (Fsp3) is 0.240. The predicted molar refractivity (Wildman–Crippen MR) is 120 cm³/mol. The number of nitrogens with zero attached hydrogens (tertiary/aromatic N) is 1. The molecule has 0 bridgehead atoms. The zero-order valence-electron chi connectivity index (χ0n) is 18.5. The molecule has 0 spiro atoms. The maximum absolute atomic E-state index is 14.3. The van der Waals surface area contributed by atoms with Crippen molar-refractivity contribution >= 4 is 21.5 Å². The van der Waals surface area contributed by atoms with Gasteiger partial charge in [-0.3, -0.25) is 9.10 Å². The van der Waals surface area contributed by atoms with Crippen molar-refractivity contribution in [2.24, 2.45) is 0 Å². The minimum Gasteiger partial charge on any atom is -0.294 e. The highest BCUT2D eigenvalue weighted by Gasteiger charge is 2.37. The van der Waals surface area contributed by atoms with E-state index in [-0.39, 0.29) is 17.0 Å². The first-order valence-electron chi connectivity index (χ1n) is 10.7. The average Bonchev–Trinajstić information content (AvgIpc) is 2.78. The number of carbonyl (C=O) groups excluding carboxylic acids is 1. The van der Waals surface area contributed by atoms with Crippen LogP contribution in [0.25, 0.3) is 0 Å². The van der Waals surface area contributed by atoms with E-state index in [1.165, 1.54) is 6.07 Å². The number of hydrogen-bond acceptors (Lipinski definition) is 3. The number of anilines is 1. The molecule has 0 atom stereocenters. The Labute approximate surface area is 199 Å². The fourth-order valence-corrected chi connectivity index (χ4v) is 5.78. The van der Waals surface area contributed by atoms with Crippen molar-refractivity contribution in [3.8, 4) is 0 Å². The van der Waals surface area contributed by atoms with Crippen molar-refractivity contribution in [2.75, 3.05) is 10.8 Å². The Balaban J connectivity index is 1.74. The number of Topliss-reactive ketones (excluding diaryl/α,β-unsaturated/α-hetero) is 1. The summed E-state index contributed by atoms with van der Waals surface area (Å²) in [5, 5.41) is 0. The van der Waals surface area contributed by atoms with Crippen LogP contribution in [0.1, 0.15) is 39.0 Å². The molecule has 3 aromatic rings. The zero-order valence-corrected chi connectivity index (χ0v) is 19.3. The van der Waals surface area contributed by atoms with Crippen LogP contribution in [-0.2, 0) is 29.0 Å². The summed E-state index contributed by atoms with van der Waals surface area (Å²) in [5.74, 6) is -2.94. The van der Waals surface area contributed by atoms with Crippen LogP contribution in [-0.4, -0.2) is 20.7 Å². The lowest BCUT2D eigenvalue weighted by Crippen LogP contribution is -2.35. The van der Waals surface area contributed by atoms with Crippen LogP contribution in [0.5, 0.6) is 0 Å². The third kappa shape index (κ3) is 4.80. The second-order valence-corrected chi connectivity index (χ2v) is 10.2. The van der Waals surface area contributed by atoms with E-state index in [4.69, 9.17) is 0 Å². The third-order valence-corrected chi connectivity index (χ3v) is 7.79. The average molecular weight is 509 g/mol. The Bertz CT molecular complexity index is 1400. The molecule has 10 heteroatoms. The van der Waals surface area contributed by atoms with Gasteiger partial charge in [0.2, 0.25) is 0 Å². The summed E-state index contributed by atoms with van der Waals surface area (Å²) in [6.07, 6.45) is -4.38. The van der Waals surface area contributed by atoms with Gasteiger partial charge in [-0.15, -0.1) is 0 Å². The number of benzene rings is 3. The molecule has 4 nitrogen and oxygen atoms in total. The third-order valence-electron chi connectivity index (χ3n) is 5.96. The summed E-state index contributed by atoms with van der Waals surface area (Å²) in [6.45, 7) is 1.79. The van der Waals surface area contributed by atoms with Crippen molar-refractivity contribution in [3.05, 3.63) is 94.0 Å². The minimum absolute atomic E-state index is 0.119. The number of rotatable bonds is 5. The molecule has 0 saturated heterocycles. The first-order valence-corrected chi connectivity index (χ1v) is 12.1. The Hall–Kier alpha value is -3.27. The van der Waals surface area contributed by atoms with Gasteiger partial charge in [-0.05, 0) is 78.9 Å². The number of halogens is 5. The number of carbonyl (C=O) groups is 1. The summed E-state index contributed by atoms with van der Waals surface area (Å²) < 4.78 is 95.4. The Morgan fingerprint density at radius 2 is 1.71 bits per heavy atom. The van der Waals surface area contributed by atoms with Gasteiger partial charge in [0.1, 0.15) is 11.6 Å². The van der Waals surface area contributed by atoms with Gasteiger partial charge < -0.3 is 0 Å². The molecule has 4 rings (SSSR count). The van der Waals surface area contributed by atoms with Gasteiger partial charge in [-0.1, -0.05) is 12.1 Å². The molecule has 0 N–H and O–H groups in total. The van der Waals surface area contributed by atoms with Gasteiger partial charge >= 0.3 is 6.18 Å². The van der Waals surface area contributed by atoms with Crippen LogP contribution in [0.15, 0.2) is 59.5 Å². The van der Waals surface area contributed by atoms with Crippen molar-refractivity contribution in [1.82, 2.24) is 0 Å². The van der Waals surface area contributed by atoms with Crippen molar-refractivity contribution in [3.63, 3.8) is 0 Å². The highest BCUT2D eigenvalue weighted by Crippen LogP contribution is 2.36. The predicted octanol–water partition coefficient (Wildman–Crippen LogP) is 5.86. The summed E-state index contributed by atoms with van der Waals surface area (Å²) in [5.41, 5.74) is -0.572. The van der Waals surface area contributed by atoms with Crippen LogP contribution < -0.4 is 4.31 Å². The fourth-order valence-electron chi connectivity index (χ4n) is 4.24. The number of sulfonamides is 1. The van der Waals surface area contributed by atoms with Crippen molar-refractivity contribution in [2.45, 2.75) is 37.3 Å². The monoisotopic (exact) mass is 509 g/mol. The summed E-state index contributed by atoms with van der Waals surface area (Å²) in [4.78, 5) is 12.7. The summed E-state index contributed by atoms with van der Waals surface area (Å²) in [7, 11) is -4.06. The van der Waals surface area contributed by atoms with E-state index in [0.29, 0.717) is 35.7 Å². The van der Waals surface area contributed by atoms with E-state index in [1.54, 1.807) is 13.0 Å². The number of aryl methyl sites for hydroxylation is 2. The van der Waals surface area contributed by atoms with Crippen LogP contribution >= 0.6 is 0 Å². The number of fused-ring (bicyclic) bond motifs is 1. The standard InChI is InChI=1S/C25H20F5NO3S/c1-15-12-16-4-3-11-31(35(33,34)19-9-7-18(26)8-10-19)22(16)13-17(15)14-23(32)24-20(25(28,29)30)5-2-6-21(24)27/h2,5-10,12-13H,3-4,11,14H2,1H3. The second kappa shape index (κ2) is 9.07. The quantitative estimate of drug-likeness (QED) is 0.320. The molecule has 0 radical (unpaired) electrons. The van der Waals surface area contributed by atoms with Gasteiger partial charge in [-0.25, -0.2) is 17.2 Å². The van der Waals surface area contributed by atoms with E-state index in [9.17, 15) is 35.2 Å². The Morgan fingerprint density at radius 3 is 2.37 bits per heavy atom. The first kappa shape index (κ1) is 24.8. The smallest absolute Gasteiger partial charge is 0.294 e. The van der Waals surface area contributed by atoms with Crippen molar-refractivity contribution in [1.29, 1.82) is 0 Å². The van der Waals surface area contributed by atoms with Gasteiger partial charge in [0.05, 0.1) is 21.7 Å². The first-order chi connectivity index (χ1) is 16.4.